The third-order valence-electron chi connectivity index (χ3n) is 4.95. The van der Waals surface area contributed by atoms with Crippen molar-refractivity contribution in [3.05, 3.63) is 95.6 Å². The fourth-order valence-corrected chi connectivity index (χ4v) is 3.18. The molecule has 2 amide bonds. The van der Waals surface area contributed by atoms with Crippen LogP contribution < -0.4 is 15.0 Å². The fourth-order valence-electron chi connectivity index (χ4n) is 3.18. The SMILES string of the molecule is CCOC(=O)CNC(=O)N(Cc1ccc(OCc2ccccc2)cc1)c1ccc(C(F)(F)F)cc1. The van der Waals surface area contributed by atoms with E-state index in [9.17, 15) is 22.8 Å². The molecule has 0 aliphatic rings. The molecule has 9 heteroatoms. The fraction of sp³-hybridized carbons (Fsp3) is 0.231. The number of carbonyl (C=O) groups excluding carboxylic acids is 2. The summed E-state index contributed by atoms with van der Waals surface area (Å²) in [6, 6.07) is 20.3. The molecule has 0 unspecified atom stereocenters. The molecule has 0 saturated carbocycles. The number of nitrogens with one attached hydrogen (secondary N) is 1. The van der Waals surface area contributed by atoms with Crippen molar-refractivity contribution in [2.75, 3.05) is 18.1 Å². The Balaban J connectivity index is 1.73. The van der Waals surface area contributed by atoms with Crippen LogP contribution >= 0.6 is 0 Å². The number of hydrogen-bond acceptors (Lipinski definition) is 4. The van der Waals surface area contributed by atoms with Crippen molar-refractivity contribution in [1.82, 2.24) is 5.32 Å². The second kappa shape index (κ2) is 11.9. The van der Waals surface area contributed by atoms with E-state index in [1.165, 1.54) is 17.0 Å². The molecule has 0 heterocycles. The summed E-state index contributed by atoms with van der Waals surface area (Å²) in [5.74, 6) is 0.0126. The van der Waals surface area contributed by atoms with Crippen molar-refractivity contribution >= 4 is 17.7 Å². The zero-order chi connectivity index (χ0) is 25.3. The van der Waals surface area contributed by atoms with E-state index in [0.717, 1.165) is 17.7 Å². The van der Waals surface area contributed by atoms with Gasteiger partial charge in [-0.3, -0.25) is 9.69 Å². The van der Waals surface area contributed by atoms with Gasteiger partial charge in [0.25, 0.3) is 0 Å². The lowest BCUT2D eigenvalue weighted by Crippen LogP contribution is -2.42. The van der Waals surface area contributed by atoms with Crippen LogP contribution in [0.1, 0.15) is 23.6 Å². The molecule has 0 aliphatic carbocycles. The van der Waals surface area contributed by atoms with E-state index < -0.39 is 23.7 Å². The third-order valence-corrected chi connectivity index (χ3v) is 4.95. The van der Waals surface area contributed by atoms with Crippen molar-refractivity contribution < 1.29 is 32.2 Å². The van der Waals surface area contributed by atoms with Crippen LogP contribution in [-0.4, -0.2) is 25.2 Å². The Labute approximate surface area is 201 Å². The molecule has 0 fully saturated rings. The summed E-state index contributed by atoms with van der Waals surface area (Å²) in [7, 11) is 0. The molecule has 0 aromatic heterocycles. The number of nitrogens with zero attached hydrogens (tertiary/aromatic N) is 1. The maximum absolute atomic E-state index is 13.0. The Kier molecular flexibility index (Phi) is 8.72. The van der Waals surface area contributed by atoms with E-state index in [1.807, 2.05) is 30.3 Å². The van der Waals surface area contributed by atoms with Gasteiger partial charge in [-0.05, 0) is 54.4 Å². The highest BCUT2D eigenvalue weighted by atomic mass is 19.4. The number of carbonyl (C=O) groups is 2. The van der Waals surface area contributed by atoms with Gasteiger partial charge in [-0.15, -0.1) is 0 Å². The lowest BCUT2D eigenvalue weighted by Gasteiger charge is -2.24. The minimum atomic E-state index is -4.49. The number of esters is 1. The minimum absolute atomic E-state index is 0.0546. The average Bonchev–Trinajstić information content (AvgIpc) is 2.86. The number of hydrogen-bond donors (Lipinski definition) is 1. The number of alkyl halides is 3. The van der Waals surface area contributed by atoms with Crippen LogP contribution in [0, 0.1) is 0 Å². The van der Waals surface area contributed by atoms with E-state index in [1.54, 1.807) is 31.2 Å². The normalized spacial score (nSPS) is 11.0. The molecule has 0 spiro atoms. The number of urea groups is 1. The van der Waals surface area contributed by atoms with Crippen molar-refractivity contribution in [2.24, 2.45) is 0 Å². The van der Waals surface area contributed by atoms with E-state index in [4.69, 9.17) is 9.47 Å². The maximum Gasteiger partial charge on any atom is 0.416 e. The summed E-state index contributed by atoms with van der Waals surface area (Å²) in [5, 5.41) is 2.45. The Bertz CT molecular complexity index is 1100. The van der Waals surface area contributed by atoms with Gasteiger partial charge in [0.1, 0.15) is 18.9 Å². The van der Waals surface area contributed by atoms with E-state index >= 15 is 0 Å². The molecule has 0 bridgehead atoms. The second-order valence-corrected chi connectivity index (χ2v) is 7.51. The average molecular weight is 486 g/mol. The first kappa shape index (κ1) is 25.6. The molecule has 1 N–H and O–H groups in total. The van der Waals surface area contributed by atoms with Gasteiger partial charge in [0.05, 0.1) is 18.7 Å². The third kappa shape index (κ3) is 7.77. The van der Waals surface area contributed by atoms with Crippen LogP contribution in [0.4, 0.5) is 23.7 Å². The number of anilines is 1. The summed E-state index contributed by atoms with van der Waals surface area (Å²) in [5.41, 5.74) is 1.14. The monoisotopic (exact) mass is 486 g/mol. The van der Waals surface area contributed by atoms with Gasteiger partial charge in [-0.1, -0.05) is 42.5 Å². The smallest absolute Gasteiger partial charge is 0.416 e. The standard InChI is InChI=1S/C26H25F3N2O4/c1-2-34-24(32)16-30-25(33)31(22-12-10-21(11-13-22)26(27,28)29)17-19-8-14-23(15-9-19)35-18-20-6-4-3-5-7-20/h3-15H,2,16-18H2,1H3,(H,30,33). The van der Waals surface area contributed by atoms with Crippen LogP contribution in [0.15, 0.2) is 78.9 Å². The van der Waals surface area contributed by atoms with E-state index in [0.29, 0.717) is 17.9 Å². The van der Waals surface area contributed by atoms with E-state index in [-0.39, 0.29) is 25.4 Å². The Hall–Kier alpha value is -4.01. The van der Waals surface area contributed by atoms with Gasteiger partial charge >= 0.3 is 18.2 Å². The van der Waals surface area contributed by atoms with Gasteiger partial charge in [0.15, 0.2) is 0 Å². The lowest BCUT2D eigenvalue weighted by molar-refractivity contribution is -0.141. The molecular formula is C26H25F3N2O4. The quantitative estimate of drug-likeness (QED) is 0.402. The van der Waals surface area contributed by atoms with Crippen LogP contribution in [0.5, 0.6) is 5.75 Å². The van der Waals surface area contributed by atoms with Crippen LogP contribution in [0.2, 0.25) is 0 Å². The first-order valence-electron chi connectivity index (χ1n) is 10.9. The Morgan fingerprint density at radius 3 is 2.14 bits per heavy atom. The molecule has 0 radical (unpaired) electrons. The zero-order valence-corrected chi connectivity index (χ0v) is 19.0. The number of rotatable bonds is 9. The first-order valence-corrected chi connectivity index (χ1v) is 10.9. The Morgan fingerprint density at radius 2 is 1.54 bits per heavy atom. The molecule has 35 heavy (non-hydrogen) atoms. The first-order chi connectivity index (χ1) is 16.8. The summed E-state index contributed by atoms with van der Waals surface area (Å²) in [6.45, 7) is 1.89. The predicted molar refractivity (Wildman–Crippen MR) is 125 cm³/mol. The van der Waals surface area contributed by atoms with E-state index in [2.05, 4.69) is 5.32 Å². The largest absolute Gasteiger partial charge is 0.489 e. The zero-order valence-electron chi connectivity index (χ0n) is 19.0. The topological polar surface area (TPSA) is 67.9 Å². The molecule has 3 aromatic carbocycles. The van der Waals surface area contributed by atoms with Crippen LogP contribution in [-0.2, 0) is 28.9 Å². The summed E-state index contributed by atoms with van der Waals surface area (Å²) < 4.78 is 49.5. The molecule has 184 valence electrons. The van der Waals surface area contributed by atoms with Gasteiger partial charge in [-0.25, -0.2) is 4.79 Å². The molecule has 3 aromatic rings. The molecule has 6 nitrogen and oxygen atoms in total. The van der Waals surface area contributed by atoms with Crippen molar-refractivity contribution in [3.63, 3.8) is 0 Å². The highest BCUT2D eigenvalue weighted by Gasteiger charge is 2.30. The highest BCUT2D eigenvalue weighted by Crippen LogP contribution is 2.31. The van der Waals surface area contributed by atoms with Gasteiger partial charge in [0.2, 0.25) is 0 Å². The number of ether oxygens (including phenoxy) is 2. The van der Waals surface area contributed by atoms with Gasteiger partial charge < -0.3 is 14.8 Å². The van der Waals surface area contributed by atoms with Crippen LogP contribution in [0.25, 0.3) is 0 Å². The van der Waals surface area contributed by atoms with Crippen molar-refractivity contribution in [1.29, 1.82) is 0 Å². The van der Waals surface area contributed by atoms with Gasteiger partial charge in [-0.2, -0.15) is 13.2 Å². The number of halogens is 3. The summed E-state index contributed by atoms with van der Waals surface area (Å²) >= 11 is 0. The maximum atomic E-state index is 13.0. The van der Waals surface area contributed by atoms with Crippen molar-refractivity contribution in [3.8, 4) is 5.75 Å². The van der Waals surface area contributed by atoms with Crippen molar-refractivity contribution in [2.45, 2.75) is 26.3 Å². The molecule has 0 atom stereocenters. The number of amides is 2. The summed E-state index contributed by atoms with van der Waals surface area (Å²) in [6.07, 6.45) is -4.49. The summed E-state index contributed by atoms with van der Waals surface area (Å²) in [4.78, 5) is 25.7. The second-order valence-electron chi connectivity index (χ2n) is 7.51. The molecule has 0 aliphatic heterocycles. The lowest BCUT2D eigenvalue weighted by atomic mass is 10.1. The minimum Gasteiger partial charge on any atom is -0.489 e. The van der Waals surface area contributed by atoms with Gasteiger partial charge in [0, 0.05) is 5.69 Å². The molecule has 3 rings (SSSR count). The highest BCUT2D eigenvalue weighted by molar-refractivity contribution is 5.93. The predicted octanol–water partition coefficient (Wildman–Crippen LogP) is 5.56. The number of benzene rings is 3. The molecular weight excluding hydrogens is 461 g/mol. The Morgan fingerprint density at radius 1 is 0.886 bits per heavy atom. The van der Waals surface area contributed by atoms with Crippen LogP contribution in [0.3, 0.4) is 0 Å². The molecule has 0 saturated heterocycles.